The number of benzene rings is 3. The summed E-state index contributed by atoms with van der Waals surface area (Å²) in [6.07, 6.45) is 0.911. The first-order valence-corrected chi connectivity index (χ1v) is 11.5. The third kappa shape index (κ3) is 5.33. The molecule has 0 bridgehead atoms. The van der Waals surface area contributed by atoms with Gasteiger partial charge in [0.2, 0.25) is 0 Å². The Hall–Kier alpha value is -3.22. The van der Waals surface area contributed by atoms with E-state index in [2.05, 4.69) is 28.1 Å². The van der Waals surface area contributed by atoms with Crippen molar-refractivity contribution >= 4 is 27.5 Å². The van der Waals surface area contributed by atoms with E-state index in [1.165, 1.54) is 11.3 Å². The zero-order valence-electron chi connectivity index (χ0n) is 18.4. The van der Waals surface area contributed by atoms with E-state index in [9.17, 15) is 9.59 Å². The number of aromatic nitrogens is 1. The lowest BCUT2D eigenvalue weighted by Gasteiger charge is -2.24. The summed E-state index contributed by atoms with van der Waals surface area (Å²) in [6.45, 7) is 2.17. The highest BCUT2D eigenvalue weighted by molar-refractivity contribution is 7.16. The highest BCUT2D eigenvalue weighted by Gasteiger charge is 2.16. The van der Waals surface area contributed by atoms with Crippen molar-refractivity contribution in [2.24, 2.45) is 0 Å². The van der Waals surface area contributed by atoms with Gasteiger partial charge in [0.05, 0.1) is 10.2 Å². The molecule has 0 aliphatic rings. The first-order chi connectivity index (χ1) is 15.5. The standard InChI is InChI=1S/C26H27N3O2S/c1-28(2)14-7-15-29(25(30)20-9-4-3-5-10-20)18-19-8-6-11-21(16-19)22-12-13-23-24(17-22)32-26(31)27-23/h3-6,8-13,16-17H,7,14-15,18H2,1-2H3,(H,27,31). The lowest BCUT2D eigenvalue weighted by Crippen LogP contribution is -2.33. The van der Waals surface area contributed by atoms with Crippen LogP contribution < -0.4 is 4.87 Å². The fourth-order valence-electron chi connectivity index (χ4n) is 3.79. The summed E-state index contributed by atoms with van der Waals surface area (Å²) in [7, 11) is 4.09. The maximum Gasteiger partial charge on any atom is 0.305 e. The van der Waals surface area contributed by atoms with Crippen molar-refractivity contribution in [2.45, 2.75) is 13.0 Å². The number of aromatic amines is 1. The minimum Gasteiger partial charge on any atom is -0.334 e. The number of H-pyrrole nitrogens is 1. The Morgan fingerprint density at radius 3 is 2.47 bits per heavy atom. The van der Waals surface area contributed by atoms with Crippen molar-refractivity contribution in [3.8, 4) is 11.1 Å². The van der Waals surface area contributed by atoms with Crippen LogP contribution in [-0.2, 0) is 6.54 Å². The Morgan fingerprint density at radius 2 is 1.69 bits per heavy atom. The second-order valence-electron chi connectivity index (χ2n) is 8.18. The second-order valence-corrected chi connectivity index (χ2v) is 9.19. The van der Waals surface area contributed by atoms with E-state index in [4.69, 9.17) is 0 Å². The van der Waals surface area contributed by atoms with Gasteiger partial charge in [0.25, 0.3) is 5.91 Å². The number of nitrogens with one attached hydrogen (secondary N) is 1. The van der Waals surface area contributed by atoms with Gasteiger partial charge in [0.1, 0.15) is 0 Å². The molecule has 0 saturated heterocycles. The van der Waals surface area contributed by atoms with Crippen molar-refractivity contribution in [3.05, 3.63) is 93.6 Å². The number of amides is 1. The smallest absolute Gasteiger partial charge is 0.305 e. The van der Waals surface area contributed by atoms with Crippen molar-refractivity contribution in [3.63, 3.8) is 0 Å². The van der Waals surface area contributed by atoms with Gasteiger partial charge in [0.15, 0.2) is 0 Å². The van der Waals surface area contributed by atoms with Crippen molar-refractivity contribution < 1.29 is 4.79 Å². The fourth-order valence-corrected chi connectivity index (χ4v) is 4.56. The number of carbonyl (C=O) groups excluding carboxylic acids is 1. The number of carbonyl (C=O) groups is 1. The van der Waals surface area contributed by atoms with Crippen molar-refractivity contribution in [1.29, 1.82) is 0 Å². The highest BCUT2D eigenvalue weighted by atomic mass is 32.1. The summed E-state index contributed by atoms with van der Waals surface area (Å²) in [5, 5.41) is 0. The molecule has 0 aliphatic carbocycles. The summed E-state index contributed by atoms with van der Waals surface area (Å²) < 4.78 is 0.947. The average Bonchev–Trinajstić information content (AvgIpc) is 3.17. The Labute approximate surface area is 191 Å². The SMILES string of the molecule is CN(C)CCCN(Cc1cccc(-c2ccc3[nH]c(=O)sc3c2)c1)C(=O)c1ccccc1. The summed E-state index contributed by atoms with van der Waals surface area (Å²) >= 11 is 1.22. The first-order valence-electron chi connectivity index (χ1n) is 10.7. The van der Waals surface area contributed by atoms with E-state index in [0.29, 0.717) is 18.7 Å². The monoisotopic (exact) mass is 445 g/mol. The van der Waals surface area contributed by atoms with Crippen LogP contribution in [0.15, 0.2) is 77.6 Å². The van der Waals surface area contributed by atoms with Gasteiger partial charge in [-0.25, -0.2) is 0 Å². The van der Waals surface area contributed by atoms with Gasteiger partial charge in [0, 0.05) is 18.7 Å². The fraction of sp³-hybridized carbons (Fsp3) is 0.231. The predicted molar refractivity (Wildman–Crippen MR) is 132 cm³/mol. The second kappa shape index (κ2) is 9.94. The van der Waals surface area contributed by atoms with E-state index >= 15 is 0 Å². The molecule has 3 aromatic carbocycles. The largest absolute Gasteiger partial charge is 0.334 e. The van der Waals surface area contributed by atoms with Gasteiger partial charge in [-0.05, 0) is 74.1 Å². The molecule has 1 aromatic heterocycles. The first kappa shape index (κ1) is 22.0. The lowest BCUT2D eigenvalue weighted by atomic mass is 10.0. The number of hydrogen-bond donors (Lipinski definition) is 1. The quantitative estimate of drug-likeness (QED) is 0.422. The van der Waals surface area contributed by atoms with Crippen LogP contribution in [0.2, 0.25) is 0 Å². The molecule has 0 radical (unpaired) electrons. The molecule has 0 fully saturated rings. The molecule has 1 amide bonds. The summed E-state index contributed by atoms with van der Waals surface area (Å²) in [5.74, 6) is 0.0493. The van der Waals surface area contributed by atoms with Crippen LogP contribution in [0.1, 0.15) is 22.3 Å². The normalized spacial score (nSPS) is 11.2. The van der Waals surface area contributed by atoms with Gasteiger partial charge in [-0.2, -0.15) is 0 Å². The minimum absolute atomic E-state index is 0.0429. The van der Waals surface area contributed by atoms with Crippen molar-refractivity contribution in [2.75, 3.05) is 27.2 Å². The van der Waals surface area contributed by atoms with Crippen molar-refractivity contribution in [1.82, 2.24) is 14.8 Å². The number of fused-ring (bicyclic) bond motifs is 1. The average molecular weight is 446 g/mol. The van der Waals surface area contributed by atoms with Gasteiger partial charge in [-0.15, -0.1) is 0 Å². The number of thiazole rings is 1. The van der Waals surface area contributed by atoms with Crippen LogP contribution >= 0.6 is 11.3 Å². The molecule has 0 spiro atoms. The summed E-state index contributed by atoms with van der Waals surface area (Å²) in [6, 6.07) is 23.8. The number of nitrogens with zero attached hydrogens (tertiary/aromatic N) is 2. The molecular weight excluding hydrogens is 418 g/mol. The molecule has 1 heterocycles. The van der Waals surface area contributed by atoms with Crippen LogP contribution in [0.25, 0.3) is 21.3 Å². The van der Waals surface area contributed by atoms with Crippen LogP contribution in [0, 0.1) is 0 Å². The molecular formula is C26H27N3O2S. The van der Waals surface area contributed by atoms with Crippen LogP contribution in [0.4, 0.5) is 0 Å². The Balaban J connectivity index is 1.58. The van der Waals surface area contributed by atoms with Gasteiger partial charge in [-0.1, -0.05) is 53.8 Å². The molecule has 0 unspecified atom stereocenters. The third-order valence-corrected chi connectivity index (χ3v) is 6.24. The van der Waals surface area contributed by atoms with E-state index in [1.54, 1.807) is 0 Å². The lowest BCUT2D eigenvalue weighted by molar-refractivity contribution is 0.0737. The molecule has 164 valence electrons. The molecule has 0 atom stereocenters. The van der Waals surface area contributed by atoms with Gasteiger partial charge in [-0.3, -0.25) is 9.59 Å². The summed E-state index contributed by atoms with van der Waals surface area (Å²) in [5.41, 5.74) is 4.79. The number of hydrogen-bond acceptors (Lipinski definition) is 4. The zero-order valence-corrected chi connectivity index (χ0v) is 19.2. The molecule has 5 nitrogen and oxygen atoms in total. The Morgan fingerprint density at radius 1 is 0.906 bits per heavy atom. The topological polar surface area (TPSA) is 56.4 Å². The van der Waals surface area contributed by atoms with E-state index in [-0.39, 0.29) is 10.8 Å². The maximum atomic E-state index is 13.2. The zero-order chi connectivity index (χ0) is 22.5. The number of rotatable bonds is 8. The Kier molecular flexibility index (Phi) is 6.83. The van der Waals surface area contributed by atoms with Crippen LogP contribution in [-0.4, -0.2) is 47.9 Å². The van der Waals surface area contributed by atoms with E-state index in [0.717, 1.165) is 39.9 Å². The molecule has 0 aliphatic heterocycles. The molecule has 0 saturated carbocycles. The predicted octanol–water partition coefficient (Wildman–Crippen LogP) is 4.85. The van der Waals surface area contributed by atoms with Crippen LogP contribution in [0.3, 0.4) is 0 Å². The Bertz CT molecular complexity index is 1260. The molecule has 4 aromatic rings. The summed E-state index contributed by atoms with van der Waals surface area (Å²) in [4.78, 5) is 31.7. The van der Waals surface area contributed by atoms with Gasteiger partial charge < -0.3 is 14.8 Å². The highest BCUT2D eigenvalue weighted by Crippen LogP contribution is 2.26. The molecule has 4 rings (SSSR count). The minimum atomic E-state index is -0.0429. The van der Waals surface area contributed by atoms with Gasteiger partial charge >= 0.3 is 4.87 Å². The molecule has 1 N–H and O–H groups in total. The van der Waals surface area contributed by atoms with Crippen LogP contribution in [0.5, 0.6) is 0 Å². The third-order valence-electron chi connectivity index (χ3n) is 5.40. The molecule has 32 heavy (non-hydrogen) atoms. The molecule has 6 heteroatoms. The van der Waals surface area contributed by atoms with E-state index in [1.807, 2.05) is 73.6 Å². The maximum absolute atomic E-state index is 13.2. The van der Waals surface area contributed by atoms with E-state index < -0.39 is 0 Å².